The maximum Gasteiger partial charge on any atom is 0.343 e. The fraction of sp³-hybridized carbons (Fsp3) is 0.320. The lowest BCUT2D eigenvalue weighted by Crippen LogP contribution is -2.38. The Balaban J connectivity index is 1.55. The monoisotopic (exact) mass is 465 g/mol. The van der Waals surface area contributed by atoms with E-state index in [4.69, 9.17) is 14.2 Å². The summed E-state index contributed by atoms with van der Waals surface area (Å²) in [5.41, 5.74) is 3.49. The van der Waals surface area contributed by atoms with Gasteiger partial charge in [0.15, 0.2) is 0 Å². The van der Waals surface area contributed by atoms with E-state index >= 15 is 0 Å². The highest BCUT2D eigenvalue weighted by molar-refractivity contribution is 5.92. The second-order valence-electron chi connectivity index (χ2n) is 7.90. The van der Waals surface area contributed by atoms with E-state index in [1.54, 1.807) is 19.1 Å². The molecule has 2 aromatic carbocycles. The van der Waals surface area contributed by atoms with Crippen molar-refractivity contribution in [1.82, 2.24) is 14.7 Å². The number of morpholine rings is 1. The van der Waals surface area contributed by atoms with Gasteiger partial charge < -0.3 is 19.3 Å². The van der Waals surface area contributed by atoms with E-state index in [2.05, 4.69) is 10.00 Å². The molecule has 0 bridgehead atoms. The van der Waals surface area contributed by atoms with Gasteiger partial charge in [0.25, 0.3) is 0 Å². The number of aryl methyl sites for hydroxylation is 1. The van der Waals surface area contributed by atoms with E-state index < -0.39 is 5.97 Å². The van der Waals surface area contributed by atoms with Gasteiger partial charge in [-0.2, -0.15) is 5.10 Å². The number of ether oxygens (including phenoxy) is 3. The second-order valence-corrected chi connectivity index (χ2v) is 7.90. The molecule has 9 heteroatoms. The third-order valence-electron chi connectivity index (χ3n) is 5.73. The Bertz CT molecular complexity index is 1150. The van der Waals surface area contributed by atoms with Crippen LogP contribution >= 0.6 is 0 Å². The Morgan fingerprint density at radius 2 is 1.65 bits per heavy atom. The molecule has 9 nitrogen and oxygen atoms in total. The Kier molecular flexibility index (Phi) is 7.24. The van der Waals surface area contributed by atoms with E-state index in [0.717, 1.165) is 24.2 Å². The highest BCUT2D eigenvalue weighted by Gasteiger charge is 2.24. The van der Waals surface area contributed by atoms with Crippen LogP contribution in [-0.4, -0.2) is 78.3 Å². The van der Waals surface area contributed by atoms with Crippen LogP contribution in [0.4, 0.5) is 0 Å². The molecular weight excluding hydrogens is 438 g/mol. The lowest BCUT2D eigenvalue weighted by Gasteiger charge is -2.26. The summed E-state index contributed by atoms with van der Waals surface area (Å²) in [6.45, 7) is 5.71. The second kappa shape index (κ2) is 10.5. The van der Waals surface area contributed by atoms with Crippen molar-refractivity contribution in [2.24, 2.45) is 0 Å². The Labute approximate surface area is 197 Å². The number of esters is 1. The molecule has 3 aromatic rings. The molecule has 0 atom stereocenters. The number of methoxy groups -OCH3 is 1. The quantitative estimate of drug-likeness (QED) is 0.507. The largest absolute Gasteiger partial charge is 0.477 e. The van der Waals surface area contributed by atoms with Gasteiger partial charge in [-0.25, -0.2) is 14.3 Å². The Morgan fingerprint density at radius 3 is 2.24 bits per heavy atom. The Morgan fingerprint density at radius 1 is 1.03 bits per heavy atom. The van der Waals surface area contributed by atoms with Gasteiger partial charge in [-0.15, -0.1) is 0 Å². The number of nitrogens with zero attached hydrogens (tertiary/aromatic N) is 3. The molecule has 0 spiro atoms. The van der Waals surface area contributed by atoms with Crippen LogP contribution < -0.4 is 4.74 Å². The van der Waals surface area contributed by atoms with Crippen LogP contribution in [0.5, 0.6) is 5.88 Å². The van der Waals surface area contributed by atoms with Crippen molar-refractivity contribution in [3.8, 4) is 22.7 Å². The van der Waals surface area contributed by atoms with Gasteiger partial charge >= 0.3 is 11.9 Å². The topological polar surface area (TPSA) is 103 Å². The van der Waals surface area contributed by atoms with Crippen molar-refractivity contribution in [3.63, 3.8) is 0 Å². The van der Waals surface area contributed by atoms with Gasteiger partial charge in [-0.1, -0.05) is 24.3 Å². The summed E-state index contributed by atoms with van der Waals surface area (Å²) < 4.78 is 17.6. The normalized spacial score (nSPS) is 14.1. The molecule has 1 fully saturated rings. The number of rotatable bonds is 8. The van der Waals surface area contributed by atoms with Gasteiger partial charge in [0.05, 0.1) is 37.3 Å². The minimum Gasteiger partial charge on any atom is -0.477 e. The summed E-state index contributed by atoms with van der Waals surface area (Å²) >= 11 is 0. The summed E-state index contributed by atoms with van der Waals surface area (Å²) in [5, 5.41) is 14.2. The van der Waals surface area contributed by atoms with Crippen LogP contribution in [-0.2, 0) is 9.47 Å². The molecule has 4 rings (SSSR count). The van der Waals surface area contributed by atoms with Crippen LogP contribution in [0.25, 0.3) is 16.8 Å². The summed E-state index contributed by atoms with van der Waals surface area (Å²) in [4.78, 5) is 25.8. The highest BCUT2D eigenvalue weighted by atomic mass is 16.5. The first-order chi connectivity index (χ1) is 16.5. The van der Waals surface area contributed by atoms with Gasteiger partial charge in [0.2, 0.25) is 5.88 Å². The van der Waals surface area contributed by atoms with Crippen LogP contribution in [0, 0.1) is 6.92 Å². The maximum atomic E-state index is 11.9. The average molecular weight is 466 g/mol. The van der Waals surface area contributed by atoms with Crippen LogP contribution in [0.1, 0.15) is 26.4 Å². The zero-order valence-electron chi connectivity index (χ0n) is 19.2. The number of carbonyl (C=O) groups is 2. The molecule has 0 radical (unpaired) electrons. The number of carboxylic acid groups (broad SMARTS) is 1. The first-order valence-electron chi connectivity index (χ1n) is 11.0. The summed E-state index contributed by atoms with van der Waals surface area (Å²) in [7, 11) is 1.35. The molecule has 2 heterocycles. The molecule has 1 saturated heterocycles. The van der Waals surface area contributed by atoms with Crippen molar-refractivity contribution in [2.75, 3.05) is 46.6 Å². The van der Waals surface area contributed by atoms with E-state index in [0.29, 0.717) is 43.3 Å². The first-order valence-corrected chi connectivity index (χ1v) is 11.0. The van der Waals surface area contributed by atoms with E-state index in [9.17, 15) is 14.7 Å². The molecule has 1 aromatic heterocycles. The third kappa shape index (κ3) is 5.11. The SMILES string of the molecule is COC(=O)c1ccc(-c2ccc(-n3nc(C)c(C(=O)O)c3OCCN3CCOCC3)cc2)cc1. The molecule has 34 heavy (non-hydrogen) atoms. The lowest BCUT2D eigenvalue weighted by molar-refractivity contribution is 0.0317. The maximum absolute atomic E-state index is 11.9. The predicted molar refractivity (Wildman–Crippen MR) is 125 cm³/mol. The smallest absolute Gasteiger partial charge is 0.343 e. The van der Waals surface area contributed by atoms with E-state index in [1.807, 2.05) is 36.4 Å². The van der Waals surface area contributed by atoms with Gasteiger partial charge in [0, 0.05) is 19.6 Å². The minimum atomic E-state index is -1.08. The van der Waals surface area contributed by atoms with Crippen LogP contribution in [0.2, 0.25) is 0 Å². The molecule has 1 N–H and O–H groups in total. The number of carboxylic acids is 1. The number of aromatic nitrogens is 2. The number of aromatic carboxylic acids is 1. The summed E-state index contributed by atoms with van der Waals surface area (Å²) in [6.07, 6.45) is 0. The zero-order chi connectivity index (χ0) is 24.1. The van der Waals surface area contributed by atoms with Gasteiger partial charge in [0.1, 0.15) is 12.2 Å². The fourth-order valence-electron chi connectivity index (χ4n) is 3.87. The van der Waals surface area contributed by atoms with Crippen LogP contribution in [0.3, 0.4) is 0 Å². The van der Waals surface area contributed by atoms with E-state index in [1.165, 1.54) is 11.8 Å². The van der Waals surface area contributed by atoms with Crippen molar-refractivity contribution < 1.29 is 28.9 Å². The van der Waals surface area contributed by atoms with Crippen LogP contribution in [0.15, 0.2) is 48.5 Å². The molecule has 178 valence electrons. The number of carbonyl (C=O) groups excluding carboxylic acids is 1. The fourth-order valence-corrected chi connectivity index (χ4v) is 3.87. The Hall–Kier alpha value is -3.69. The van der Waals surface area contributed by atoms with Gasteiger partial charge in [-0.3, -0.25) is 4.90 Å². The van der Waals surface area contributed by atoms with Crippen molar-refractivity contribution in [3.05, 3.63) is 65.4 Å². The molecular formula is C25H27N3O6. The zero-order valence-corrected chi connectivity index (χ0v) is 19.2. The highest BCUT2D eigenvalue weighted by Crippen LogP contribution is 2.28. The number of hydrogen-bond donors (Lipinski definition) is 1. The molecule has 0 unspecified atom stereocenters. The molecule has 1 aliphatic heterocycles. The molecule has 0 saturated carbocycles. The van der Waals surface area contributed by atoms with Crippen molar-refractivity contribution in [1.29, 1.82) is 0 Å². The predicted octanol–water partition coefficient (Wildman–Crippen LogP) is 3.04. The number of hydrogen-bond acceptors (Lipinski definition) is 7. The molecule has 1 aliphatic rings. The first kappa shape index (κ1) is 23.5. The minimum absolute atomic E-state index is 0.0597. The molecule has 0 aliphatic carbocycles. The lowest BCUT2D eigenvalue weighted by atomic mass is 10.0. The molecule has 0 amide bonds. The third-order valence-corrected chi connectivity index (χ3v) is 5.73. The number of benzene rings is 2. The van der Waals surface area contributed by atoms with Gasteiger partial charge in [-0.05, 0) is 42.3 Å². The summed E-state index contributed by atoms with van der Waals surface area (Å²) in [6, 6.07) is 14.7. The van der Waals surface area contributed by atoms with Crippen molar-refractivity contribution in [2.45, 2.75) is 6.92 Å². The van der Waals surface area contributed by atoms with Crippen molar-refractivity contribution >= 4 is 11.9 Å². The summed E-state index contributed by atoms with van der Waals surface area (Å²) in [5.74, 6) is -1.24. The average Bonchev–Trinajstić information content (AvgIpc) is 3.20. The standard InChI is InChI=1S/C25H27N3O6/c1-17-22(24(29)30)23(34-16-13-27-11-14-33-15-12-27)28(26-17)21-9-7-19(8-10-21)18-3-5-20(6-4-18)25(31)32-2/h3-10H,11-16H2,1-2H3,(H,29,30). The van der Waals surface area contributed by atoms with E-state index in [-0.39, 0.29) is 17.4 Å².